The highest BCUT2D eigenvalue weighted by Gasteiger charge is 2.30. The van der Waals surface area contributed by atoms with Gasteiger partial charge in [-0.15, -0.1) is 11.8 Å². The van der Waals surface area contributed by atoms with E-state index in [1.54, 1.807) is 0 Å². The molecule has 1 aromatic rings. The van der Waals surface area contributed by atoms with Crippen LogP contribution >= 0.6 is 11.8 Å². The molecule has 0 saturated carbocycles. The first kappa shape index (κ1) is 7.50. The van der Waals surface area contributed by atoms with Gasteiger partial charge in [-0.05, 0) is 6.07 Å². The quantitative estimate of drug-likeness (QED) is 0.674. The lowest BCUT2D eigenvalue weighted by atomic mass is 10.2. The maximum absolute atomic E-state index is 4.12. The first-order chi connectivity index (χ1) is 6.45. The van der Waals surface area contributed by atoms with Crippen molar-refractivity contribution in [1.82, 2.24) is 4.98 Å². The van der Waals surface area contributed by atoms with Crippen LogP contribution in [0.5, 0.6) is 0 Å². The minimum absolute atomic E-state index is 0.680. The Hall–Kier alpha value is -0.900. The molecule has 4 heteroatoms. The Morgan fingerprint density at radius 3 is 3.62 bits per heavy atom. The third kappa shape index (κ3) is 1.09. The summed E-state index contributed by atoms with van der Waals surface area (Å²) in [4.78, 5) is 6.59. The zero-order chi connectivity index (χ0) is 8.67. The van der Waals surface area contributed by atoms with Crippen LogP contribution in [0.25, 0.3) is 0 Å². The van der Waals surface area contributed by atoms with Gasteiger partial charge in [0, 0.05) is 18.5 Å². The highest BCUT2D eigenvalue weighted by Crippen LogP contribution is 2.35. The molecule has 0 aromatic carbocycles. The topological polar surface area (TPSA) is 28.2 Å². The van der Waals surface area contributed by atoms with Crippen LogP contribution < -0.4 is 10.2 Å². The van der Waals surface area contributed by atoms with E-state index in [2.05, 4.69) is 21.3 Å². The molecule has 0 spiro atoms. The van der Waals surface area contributed by atoms with E-state index in [0.29, 0.717) is 6.04 Å². The standard InChI is InChI=1S/C9H11N3S/c1-2-10-4-8-9(1)12-6-13-5-7(12)3-11-8/h1-2,4,7,11H,3,5-6H2/t7-/m0/s1. The van der Waals surface area contributed by atoms with Crippen molar-refractivity contribution >= 4 is 23.1 Å². The fraction of sp³-hybridized carbons (Fsp3) is 0.444. The van der Waals surface area contributed by atoms with Crippen LogP contribution in [0.15, 0.2) is 18.5 Å². The molecule has 1 N–H and O–H groups in total. The summed E-state index contributed by atoms with van der Waals surface area (Å²) in [5.41, 5.74) is 2.50. The van der Waals surface area contributed by atoms with Crippen molar-refractivity contribution in [2.24, 2.45) is 0 Å². The van der Waals surface area contributed by atoms with Crippen LogP contribution in [0.3, 0.4) is 0 Å². The van der Waals surface area contributed by atoms with Crippen LogP contribution in [0.1, 0.15) is 0 Å². The average Bonchev–Trinajstić information content (AvgIpc) is 2.65. The van der Waals surface area contributed by atoms with E-state index in [4.69, 9.17) is 0 Å². The first-order valence-electron chi connectivity index (χ1n) is 4.47. The number of thioether (sulfide) groups is 1. The van der Waals surface area contributed by atoms with Crippen molar-refractivity contribution in [2.45, 2.75) is 6.04 Å². The SMILES string of the molecule is c1cc2c(cn1)NC[C@H]1CSCN21. The molecule has 1 aromatic heterocycles. The van der Waals surface area contributed by atoms with Gasteiger partial charge >= 0.3 is 0 Å². The van der Waals surface area contributed by atoms with Gasteiger partial charge in [-0.3, -0.25) is 4.98 Å². The van der Waals surface area contributed by atoms with E-state index in [1.807, 2.05) is 24.2 Å². The Bertz CT molecular complexity index is 328. The monoisotopic (exact) mass is 193 g/mol. The van der Waals surface area contributed by atoms with Crippen LogP contribution in [0.2, 0.25) is 0 Å². The van der Waals surface area contributed by atoms with E-state index >= 15 is 0 Å². The summed E-state index contributed by atoms with van der Waals surface area (Å²) in [5.74, 6) is 2.37. The Labute approximate surface area is 81.5 Å². The summed E-state index contributed by atoms with van der Waals surface area (Å²) >= 11 is 2.01. The third-order valence-electron chi connectivity index (χ3n) is 2.62. The van der Waals surface area contributed by atoms with Gasteiger partial charge in [0.15, 0.2) is 0 Å². The molecule has 3 nitrogen and oxygen atoms in total. The van der Waals surface area contributed by atoms with Crippen molar-refractivity contribution in [2.75, 3.05) is 28.4 Å². The lowest BCUT2D eigenvalue weighted by molar-refractivity contribution is 0.721. The maximum Gasteiger partial charge on any atom is 0.0765 e. The number of nitrogens with one attached hydrogen (secondary N) is 1. The Morgan fingerprint density at radius 2 is 2.62 bits per heavy atom. The summed E-state index contributed by atoms with van der Waals surface area (Å²) in [7, 11) is 0. The van der Waals surface area contributed by atoms with Gasteiger partial charge in [0.05, 0.1) is 29.5 Å². The summed E-state index contributed by atoms with van der Waals surface area (Å²) < 4.78 is 0. The van der Waals surface area contributed by atoms with Gasteiger partial charge in [-0.1, -0.05) is 0 Å². The van der Waals surface area contributed by atoms with Crippen molar-refractivity contribution in [1.29, 1.82) is 0 Å². The predicted octanol–water partition coefficient (Wildman–Crippen LogP) is 1.39. The zero-order valence-corrected chi connectivity index (χ0v) is 8.05. The molecular weight excluding hydrogens is 182 g/mol. The van der Waals surface area contributed by atoms with Gasteiger partial charge < -0.3 is 10.2 Å². The summed E-state index contributed by atoms with van der Waals surface area (Å²) in [6.45, 7) is 1.06. The molecule has 0 radical (unpaired) electrons. The molecule has 0 amide bonds. The number of aromatic nitrogens is 1. The second kappa shape index (κ2) is 2.80. The summed E-state index contributed by atoms with van der Waals surface area (Å²) in [5, 5.41) is 3.42. The van der Waals surface area contributed by atoms with Crippen LogP contribution in [-0.4, -0.2) is 29.2 Å². The fourth-order valence-corrected chi connectivity index (χ4v) is 3.14. The average molecular weight is 193 g/mol. The van der Waals surface area contributed by atoms with Crippen molar-refractivity contribution in [3.05, 3.63) is 18.5 Å². The molecule has 0 aliphatic carbocycles. The highest BCUT2D eigenvalue weighted by atomic mass is 32.2. The molecule has 2 aliphatic rings. The molecule has 3 rings (SSSR count). The van der Waals surface area contributed by atoms with Gasteiger partial charge in [0.1, 0.15) is 0 Å². The molecule has 1 fully saturated rings. The predicted molar refractivity (Wildman–Crippen MR) is 56.3 cm³/mol. The first-order valence-corrected chi connectivity index (χ1v) is 5.63. The van der Waals surface area contributed by atoms with E-state index in [1.165, 1.54) is 17.1 Å². The number of nitrogens with zero attached hydrogens (tertiary/aromatic N) is 2. The third-order valence-corrected chi connectivity index (χ3v) is 3.70. The number of fused-ring (bicyclic) bond motifs is 3. The number of hydrogen-bond acceptors (Lipinski definition) is 4. The molecule has 3 heterocycles. The Balaban J connectivity index is 2.06. The van der Waals surface area contributed by atoms with E-state index in [-0.39, 0.29) is 0 Å². The normalized spacial score (nSPS) is 24.9. The molecule has 1 atom stereocenters. The van der Waals surface area contributed by atoms with Gasteiger partial charge in [-0.2, -0.15) is 0 Å². The number of anilines is 2. The smallest absolute Gasteiger partial charge is 0.0765 e. The lowest BCUT2D eigenvalue weighted by Gasteiger charge is -2.33. The number of hydrogen-bond donors (Lipinski definition) is 1. The van der Waals surface area contributed by atoms with Crippen LogP contribution in [0, 0.1) is 0 Å². The van der Waals surface area contributed by atoms with Gasteiger partial charge in [0.25, 0.3) is 0 Å². The summed E-state index contributed by atoms with van der Waals surface area (Å²) in [6, 6.07) is 2.78. The lowest BCUT2D eigenvalue weighted by Crippen LogP contribution is -2.40. The number of pyridine rings is 1. The Morgan fingerprint density at radius 1 is 1.62 bits per heavy atom. The van der Waals surface area contributed by atoms with E-state index in [0.717, 1.165) is 12.4 Å². The van der Waals surface area contributed by atoms with Crippen molar-refractivity contribution < 1.29 is 0 Å². The zero-order valence-electron chi connectivity index (χ0n) is 7.23. The second-order valence-electron chi connectivity index (χ2n) is 3.40. The molecule has 0 bridgehead atoms. The van der Waals surface area contributed by atoms with E-state index < -0.39 is 0 Å². The molecular formula is C9H11N3S. The molecule has 13 heavy (non-hydrogen) atoms. The van der Waals surface area contributed by atoms with Crippen LogP contribution in [0.4, 0.5) is 11.4 Å². The fourth-order valence-electron chi connectivity index (χ4n) is 1.92. The van der Waals surface area contributed by atoms with Crippen molar-refractivity contribution in [3.63, 3.8) is 0 Å². The van der Waals surface area contributed by atoms with Crippen LogP contribution in [-0.2, 0) is 0 Å². The highest BCUT2D eigenvalue weighted by molar-refractivity contribution is 7.99. The number of rotatable bonds is 0. The molecule has 2 aliphatic heterocycles. The minimum Gasteiger partial charge on any atom is -0.380 e. The van der Waals surface area contributed by atoms with E-state index in [9.17, 15) is 0 Å². The minimum atomic E-state index is 0.680. The van der Waals surface area contributed by atoms with Gasteiger partial charge in [0.2, 0.25) is 0 Å². The largest absolute Gasteiger partial charge is 0.380 e. The van der Waals surface area contributed by atoms with Crippen molar-refractivity contribution in [3.8, 4) is 0 Å². The van der Waals surface area contributed by atoms with Gasteiger partial charge in [-0.25, -0.2) is 0 Å². The molecule has 0 unspecified atom stereocenters. The maximum atomic E-state index is 4.12. The summed E-state index contributed by atoms with van der Waals surface area (Å²) in [6.07, 6.45) is 3.78. The second-order valence-corrected chi connectivity index (χ2v) is 4.40. The molecule has 68 valence electrons. The molecule has 1 saturated heterocycles. The Kier molecular flexibility index (Phi) is 1.62.